The summed E-state index contributed by atoms with van der Waals surface area (Å²) in [6.07, 6.45) is 2.82. The molecule has 9 heteroatoms. The van der Waals surface area contributed by atoms with Crippen molar-refractivity contribution in [3.8, 4) is 0 Å². The highest BCUT2D eigenvalue weighted by Gasteiger charge is 2.20. The summed E-state index contributed by atoms with van der Waals surface area (Å²) in [4.78, 5) is 29.7. The molecule has 0 aliphatic carbocycles. The molecule has 0 saturated carbocycles. The van der Waals surface area contributed by atoms with Gasteiger partial charge in [0.05, 0.1) is 5.56 Å². The fourth-order valence-electron chi connectivity index (χ4n) is 2.50. The third kappa shape index (κ3) is 4.57. The Kier molecular flexibility index (Phi) is 6.29. The number of nitrogens with one attached hydrogen (secondary N) is 3. The molecule has 0 radical (unpaired) electrons. The Bertz CT molecular complexity index is 838. The van der Waals surface area contributed by atoms with Crippen LogP contribution in [0.2, 0.25) is 0 Å². The zero-order valence-corrected chi connectivity index (χ0v) is 14.7. The van der Waals surface area contributed by atoms with E-state index in [1.165, 1.54) is 12.3 Å². The molecule has 0 saturated heterocycles. The molecule has 7 N–H and O–H groups in total. The smallest absolute Gasteiger partial charge is 0.252 e. The second kappa shape index (κ2) is 8.43. The average molecular weight is 362 g/mol. The van der Waals surface area contributed by atoms with Crippen LogP contribution >= 0.6 is 0 Å². The largest absolute Gasteiger partial charge is 0.365 e. The first-order valence-electron chi connectivity index (χ1n) is 8.33. The van der Waals surface area contributed by atoms with Crippen LogP contribution in [0.25, 0.3) is 0 Å². The van der Waals surface area contributed by atoms with E-state index < -0.39 is 11.7 Å². The molecule has 0 spiro atoms. The third-order valence-corrected chi connectivity index (χ3v) is 4.03. The summed E-state index contributed by atoms with van der Waals surface area (Å²) in [5.41, 5.74) is 11.3. The lowest BCUT2D eigenvalue weighted by Gasteiger charge is -2.24. The summed E-state index contributed by atoms with van der Waals surface area (Å²) in [7, 11) is 0. The van der Waals surface area contributed by atoms with Gasteiger partial charge in [-0.2, -0.15) is 0 Å². The van der Waals surface area contributed by atoms with Crippen LogP contribution in [0.4, 0.5) is 21.7 Å². The number of primary amides is 1. The second-order valence-corrected chi connectivity index (χ2v) is 5.88. The number of amides is 1. The Hall–Kier alpha value is -2.94. The van der Waals surface area contributed by atoms with Gasteiger partial charge in [-0.05, 0) is 25.0 Å². The number of hydrogen-bond donors (Lipinski definition) is 5. The molecule has 2 aromatic heterocycles. The number of aromatic amines is 1. The van der Waals surface area contributed by atoms with Gasteiger partial charge in [0.15, 0.2) is 11.6 Å². The standard InChI is InChI=1S/C17H23FN6O2/c1-3-12(19)13(4-2)23-17-11(18)8-10(15(20)26)16(24-17)22-9-5-6-21-14(25)7-9/h5-8,12-13H,3-4,19H2,1-2H3,(H2,20,26)(H3,21,22,23,24,25)/t12-,13+/m0/s1. The van der Waals surface area contributed by atoms with E-state index in [4.69, 9.17) is 11.5 Å². The molecule has 0 bridgehead atoms. The molecule has 2 atom stereocenters. The van der Waals surface area contributed by atoms with E-state index in [0.717, 1.165) is 6.07 Å². The summed E-state index contributed by atoms with van der Waals surface area (Å²) >= 11 is 0. The highest BCUT2D eigenvalue weighted by Crippen LogP contribution is 2.24. The summed E-state index contributed by atoms with van der Waals surface area (Å²) in [5, 5.41) is 5.81. The van der Waals surface area contributed by atoms with Gasteiger partial charge >= 0.3 is 0 Å². The first-order chi connectivity index (χ1) is 12.3. The van der Waals surface area contributed by atoms with Crippen molar-refractivity contribution < 1.29 is 9.18 Å². The molecule has 0 unspecified atom stereocenters. The van der Waals surface area contributed by atoms with E-state index in [1.54, 1.807) is 6.07 Å². The first-order valence-corrected chi connectivity index (χ1v) is 8.33. The van der Waals surface area contributed by atoms with Gasteiger partial charge < -0.3 is 27.1 Å². The summed E-state index contributed by atoms with van der Waals surface area (Å²) < 4.78 is 14.4. The molecule has 1 amide bonds. The van der Waals surface area contributed by atoms with Gasteiger partial charge in [-0.25, -0.2) is 9.37 Å². The van der Waals surface area contributed by atoms with Crippen LogP contribution in [0.15, 0.2) is 29.2 Å². The molecular formula is C17H23FN6O2. The van der Waals surface area contributed by atoms with Crippen molar-refractivity contribution in [1.82, 2.24) is 9.97 Å². The number of hydrogen-bond acceptors (Lipinski definition) is 6. The molecule has 0 aromatic carbocycles. The minimum atomic E-state index is -0.840. The maximum atomic E-state index is 14.4. The number of nitrogens with two attached hydrogens (primary N) is 2. The first kappa shape index (κ1) is 19.4. The van der Waals surface area contributed by atoms with Gasteiger partial charge in [-0.3, -0.25) is 9.59 Å². The van der Waals surface area contributed by atoms with Crippen molar-refractivity contribution in [3.05, 3.63) is 46.1 Å². The normalized spacial score (nSPS) is 13.1. The van der Waals surface area contributed by atoms with Crippen LogP contribution in [0, 0.1) is 5.82 Å². The second-order valence-electron chi connectivity index (χ2n) is 5.88. The Morgan fingerprint density at radius 1 is 1.31 bits per heavy atom. The third-order valence-electron chi connectivity index (χ3n) is 4.03. The Morgan fingerprint density at radius 2 is 2.04 bits per heavy atom. The van der Waals surface area contributed by atoms with Crippen LogP contribution in [-0.2, 0) is 0 Å². The van der Waals surface area contributed by atoms with Gasteiger partial charge in [0.25, 0.3) is 5.91 Å². The minimum Gasteiger partial charge on any atom is -0.365 e. The number of nitrogens with zero attached hydrogens (tertiary/aromatic N) is 1. The molecule has 8 nitrogen and oxygen atoms in total. The molecule has 0 fully saturated rings. The predicted molar refractivity (Wildman–Crippen MR) is 99.0 cm³/mol. The van der Waals surface area contributed by atoms with E-state index >= 15 is 0 Å². The predicted octanol–water partition coefficient (Wildman–Crippen LogP) is 1.68. The highest BCUT2D eigenvalue weighted by molar-refractivity contribution is 5.98. The number of aromatic nitrogens is 2. The minimum absolute atomic E-state index is 0.0434. The van der Waals surface area contributed by atoms with Gasteiger partial charge in [0, 0.05) is 30.0 Å². The van der Waals surface area contributed by atoms with Crippen LogP contribution in [0.3, 0.4) is 0 Å². The zero-order chi connectivity index (χ0) is 19.3. The molecule has 2 aromatic rings. The van der Waals surface area contributed by atoms with Crippen molar-refractivity contribution in [3.63, 3.8) is 0 Å². The Balaban J connectivity index is 2.42. The van der Waals surface area contributed by atoms with Crippen molar-refractivity contribution in [2.45, 2.75) is 38.8 Å². The van der Waals surface area contributed by atoms with Gasteiger partial charge in [-0.15, -0.1) is 0 Å². The van der Waals surface area contributed by atoms with Gasteiger partial charge in [0.2, 0.25) is 5.56 Å². The number of rotatable bonds is 8. The number of pyridine rings is 2. The van der Waals surface area contributed by atoms with E-state index in [9.17, 15) is 14.0 Å². The van der Waals surface area contributed by atoms with Crippen molar-refractivity contribution in [2.24, 2.45) is 11.5 Å². The fraction of sp³-hybridized carbons (Fsp3) is 0.353. The van der Waals surface area contributed by atoms with E-state index in [0.29, 0.717) is 18.5 Å². The topological polar surface area (TPSA) is 139 Å². The van der Waals surface area contributed by atoms with Crippen LogP contribution in [0.5, 0.6) is 0 Å². The summed E-state index contributed by atoms with van der Waals surface area (Å²) in [6.45, 7) is 3.87. The van der Waals surface area contributed by atoms with Crippen LogP contribution in [-0.4, -0.2) is 28.0 Å². The molecule has 26 heavy (non-hydrogen) atoms. The van der Waals surface area contributed by atoms with Crippen molar-refractivity contribution >= 4 is 23.2 Å². The van der Waals surface area contributed by atoms with Crippen LogP contribution in [0.1, 0.15) is 37.0 Å². The Labute approximate surface area is 150 Å². The van der Waals surface area contributed by atoms with Crippen LogP contribution < -0.4 is 27.7 Å². The molecule has 2 heterocycles. The maximum absolute atomic E-state index is 14.4. The number of anilines is 3. The van der Waals surface area contributed by atoms with Gasteiger partial charge in [0.1, 0.15) is 5.82 Å². The summed E-state index contributed by atoms with van der Waals surface area (Å²) in [6, 6.07) is 3.50. The van der Waals surface area contributed by atoms with E-state index in [1.807, 2.05) is 13.8 Å². The van der Waals surface area contributed by atoms with Crippen molar-refractivity contribution in [1.29, 1.82) is 0 Å². The maximum Gasteiger partial charge on any atom is 0.252 e. The fourth-order valence-corrected chi connectivity index (χ4v) is 2.50. The lowest BCUT2D eigenvalue weighted by molar-refractivity contribution is 0.100. The molecular weight excluding hydrogens is 339 g/mol. The lowest BCUT2D eigenvalue weighted by Crippen LogP contribution is -2.39. The SMILES string of the molecule is CC[C@H](N)[C@@H](CC)Nc1nc(Nc2cc[nH]c(=O)c2)c(C(N)=O)cc1F. The quantitative estimate of drug-likeness (QED) is 0.484. The number of carbonyl (C=O) groups is 1. The van der Waals surface area contributed by atoms with E-state index in [-0.39, 0.29) is 34.8 Å². The molecule has 2 rings (SSSR count). The lowest BCUT2D eigenvalue weighted by atomic mass is 10.0. The molecule has 140 valence electrons. The van der Waals surface area contributed by atoms with Crippen molar-refractivity contribution in [2.75, 3.05) is 10.6 Å². The molecule has 0 aliphatic rings. The van der Waals surface area contributed by atoms with Gasteiger partial charge in [-0.1, -0.05) is 13.8 Å². The van der Waals surface area contributed by atoms with E-state index in [2.05, 4.69) is 20.6 Å². The molecule has 0 aliphatic heterocycles. The number of H-pyrrole nitrogens is 1. The number of carbonyl (C=O) groups excluding carboxylic acids is 1. The average Bonchev–Trinajstić information content (AvgIpc) is 2.60. The summed E-state index contributed by atoms with van der Waals surface area (Å²) in [5.74, 6) is -1.55. The highest BCUT2D eigenvalue weighted by atomic mass is 19.1. The monoisotopic (exact) mass is 362 g/mol. The number of halogens is 1. The Morgan fingerprint density at radius 3 is 2.62 bits per heavy atom. The zero-order valence-electron chi connectivity index (χ0n) is 14.7.